The maximum Gasteiger partial charge on any atom is 0.125 e. The van der Waals surface area contributed by atoms with Crippen LogP contribution in [-0.4, -0.2) is 20.2 Å². The first kappa shape index (κ1) is 8.68. The van der Waals surface area contributed by atoms with Crippen LogP contribution >= 0.6 is 0 Å². The topological polar surface area (TPSA) is 66.5 Å². The maximum absolute atomic E-state index is 4.27. The van der Waals surface area contributed by atoms with Crippen molar-refractivity contribution in [1.29, 1.82) is 0 Å². The highest BCUT2D eigenvalue weighted by molar-refractivity contribution is 5.37. The Morgan fingerprint density at radius 3 is 3.14 bits per heavy atom. The number of hydrogen-bond donors (Lipinski definition) is 2. The minimum atomic E-state index is 0.683. The molecular formula is C9H11N5. The summed E-state index contributed by atoms with van der Waals surface area (Å²) in [4.78, 5) is 8.30. The van der Waals surface area contributed by atoms with Gasteiger partial charge in [0.25, 0.3) is 0 Å². The molecule has 72 valence electrons. The van der Waals surface area contributed by atoms with Crippen molar-refractivity contribution in [3.63, 3.8) is 0 Å². The number of aryl methyl sites for hydroxylation is 1. The fourth-order valence-corrected chi connectivity index (χ4v) is 1.14. The average molecular weight is 189 g/mol. The van der Waals surface area contributed by atoms with Crippen molar-refractivity contribution >= 4 is 5.69 Å². The van der Waals surface area contributed by atoms with Crippen molar-refractivity contribution in [1.82, 2.24) is 20.2 Å². The quantitative estimate of drug-likeness (QED) is 0.759. The summed E-state index contributed by atoms with van der Waals surface area (Å²) in [6, 6.07) is 1.89. The molecule has 0 aliphatic carbocycles. The standard InChI is InChI=1S/C9H11N5/c1-7-10-3-2-8(14-7)4-11-9-5-12-13-6-9/h2-3,5-6,11H,4H2,1H3,(H,12,13). The second kappa shape index (κ2) is 3.87. The number of aromatic amines is 1. The molecule has 0 unspecified atom stereocenters. The second-order valence-corrected chi connectivity index (χ2v) is 2.94. The van der Waals surface area contributed by atoms with E-state index in [0.29, 0.717) is 6.54 Å². The molecule has 2 heterocycles. The van der Waals surface area contributed by atoms with Crippen LogP contribution in [0.15, 0.2) is 24.7 Å². The van der Waals surface area contributed by atoms with Crippen LogP contribution in [0.3, 0.4) is 0 Å². The summed E-state index contributed by atoms with van der Waals surface area (Å²) >= 11 is 0. The molecule has 0 saturated heterocycles. The Bertz CT molecular complexity index is 395. The van der Waals surface area contributed by atoms with E-state index in [2.05, 4.69) is 25.5 Å². The molecule has 0 aromatic carbocycles. The fraction of sp³-hybridized carbons (Fsp3) is 0.222. The van der Waals surface area contributed by atoms with Gasteiger partial charge in [-0.15, -0.1) is 0 Å². The Morgan fingerprint density at radius 1 is 1.50 bits per heavy atom. The lowest BCUT2D eigenvalue weighted by atomic mass is 10.4. The van der Waals surface area contributed by atoms with E-state index in [-0.39, 0.29) is 0 Å². The van der Waals surface area contributed by atoms with Gasteiger partial charge in [-0.25, -0.2) is 9.97 Å². The number of rotatable bonds is 3. The number of H-pyrrole nitrogens is 1. The van der Waals surface area contributed by atoms with E-state index in [9.17, 15) is 0 Å². The zero-order chi connectivity index (χ0) is 9.80. The van der Waals surface area contributed by atoms with Gasteiger partial charge in [0.15, 0.2) is 0 Å². The van der Waals surface area contributed by atoms with Gasteiger partial charge in [-0.2, -0.15) is 5.10 Å². The van der Waals surface area contributed by atoms with Crippen LogP contribution in [0.4, 0.5) is 5.69 Å². The Balaban J connectivity index is 1.98. The smallest absolute Gasteiger partial charge is 0.125 e. The van der Waals surface area contributed by atoms with Crippen molar-refractivity contribution in [2.75, 3.05) is 5.32 Å². The molecular weight excluding hydrogens is 178 g/mol. The van der Waals surface area contributed by atoms with Crippen molar-refractivity contribution in [3.8, 4) is 0 Å². The normalized spacial score (nSPS) is 10.1. The van der Waals surface area contributed by atoms with Crippen LogP contribution in [0.1, 0.15) is 11.5 Å². The number of nitrogens with zero attached hydrogens (tertiary/aromatic N) is 3. The molecule has 0 radical (unpaired) electrons. The SMILES string of the molecule is Cc1nccc(CNc2cn[nH]c2)n1. The van der Waals surface area contributed by atoms with Gasteiger partial charge in [0.2, 0.25) is 0 Å². The van der Waals surface area contributed by atoms with Crippen LogP contribution in [-0.2, 0) is 6.54 Å². The summed E-state index contributed by atoms with van der Waals surface area (Å²) in [5.74, 6) is 0.788. The van der Waals surface area contributed by atoms with E-state index in [4.69, 9.17) is 0 Å². The molecule has 0 atom stereocenters. The summed E-state index contributed by atoms with van der Waals surface area (Å²) in [7, 11) is 0. The highest BCUT2D eigenvalue weighted by Crippen LogP contribution is 2.03. The molecule has 0 fully saturated rings. The van der Waals surface area contributed by atoms with Gasteiger partial charge in [-0.3, -0.25) is 5.10 Å². The van der Waals surface area contributed by atoms with Gasteiger partial charge >= 0.3 is 0 Å². The van der Waals surface area contributed by atoms with Crippen molar-refractivity contribution in [3.05, 3.63) is 36.2 Å². The molecule has 0 amide bonds. The van der Waals surface area contributed by atoms with Gasteiger partial charge in [-0.1, -0.05) is 0 Å². The monoisotopic (exact) mass is 189 g/mol. The van der Waals surface area contributed by atoms with E-state index in [1.165, 1.54) is 0 Å². The molecule has 0 aliphatic heterocycles. The van der Waals surface area contributed by atoms with Gasteiger partial charge in [0, 0.05) is 12.4 Å². The maximum atomic E-state index is 4.27. The molecule has 2 aromatic rings. The summed E-state index contributed by atoms with van der Waals surface area (Å²) in [5.41, 5.74) is 1.93. The van der Waals surface area contributed by atoms with E-state index in [1.54, 1.807) is 18.6 Å². The zero-order valence-corrected chi connectivity index (χ0v) is 7.86. The predicted molar refractivity (Wildman–Crippen MR) is 52.7 cm³/mol. The Labute approximate surface area is 81.6 Å². The molecule has 2 N–H and O–H groups in total. The molecule has 5 heteroatoms. The molecule has 5 nitrogen and oxygen atoms in total. The zero-order valence-electron chi connectivity index (χ0n) is 7.86. The highest BCUT2D eigenvalue weighted by atomic mass is 15.1. The minimum Gasteiger partial charge on any atom is -0.377 e. The van der Waals surface area contributed by atoms with Gasteiger partial charge in [-0.05, 0) is 13.0 Å². The number of hydrogen-bond acceptors (Lipinski definition) is 4. The number of anilines is 1. The largest absolute Gasteiger partial charge is 0.377 e. The summed E-state index contributed by atoms with van der Waals surface area (Å²) < 4.78 is 0. The lowest BCUT2D eigenvalue weighted by Crippen LogP contribution is -2.02. The van der Waals surface area contributed by atoms with Crippen LogP contribution < -0.4 is 5.32 Å². The Morgan fingerprint density at radius 2 is 2.43 bits per heavy atom. The lowest BCUT2D eigenvalue weighted by Gasteiger charge is -2.02. The van der Waals surface area contributed by atoms with E-state index >= 15 is 0 Å². The molecule has 2 aromatic heterocycles. The summed E-state index contributed by atoms with van der Waals surface area (Å²) in [5, 5.41) is 9.75. The number of nitrogens with one attached hydrogen (secondary N) is 2. The molecule has 2 rings (SSSR count). The van der Waals surface area contributed by atoms with Crippen LogP contribution in [0, 0.1) is 6.92 Å². The first-order chi connectivity index (χ1) is 6.84. The predicted octanol–water partition coefficient (Wildman–Crippen LogP) is 1.12. The molecule has 0 saturated carbocycles. The minimum absolute atomic E-state index is 0.683. The Kier molecular flexibility index (Phi) is 2.40. The first-order valence-electron chi connectivity index (χ1n) is 4.36. The van der Waals surface area contributed by atoms with E-state index in [0.717, 1.165) is 17.2 Å². The average Bonchev–Trinajstić information content (AvgIpc) is 2.67. The van der Waals surface area contributed by atoms with Gasteiger partial charge in [0.1, 0.15) is 5.82 Å². The van der Waals surface area contributed by atoms with Crippen molar-refractivity contribution < 1.29 is 0 Å². The van der Waals surface area contributed by atoms with Gasteiger partial charge < -0.3 is 5.32 Å². The van der Waals surface area contributed by atoms with Crippen molar-refractivity contribution in [2.24, 2.45) is 0 Å². The third kappa shape index (κ3) is 2.07. The van der Waals surface area contributed by atoms with Crippen LogP contribution in [0.5, 0.6) is 0 Å². The fourth-order valence-electron chi connectivity index (χ4n) is 1.14. The van der Waals surface area contributed by atoms with Crippen molar-refractivity contribution in [2.45, 2.75) is 13.5 Å². The Hall–Kier alpha value is -1.91. The third-order valence-corrected chi connectivity index (χ3v) is 1.81. The van der Waals surface area contributed by atoms with E-state index < -0.39 is 0 Å². The molecule has 0 spiro atoms. The van der Waals surface area contributed by atoms with Crippen LogP contribution in [0.2, 0.25) is 0 Å². The van der Waals surface area contributed by atoms with Crippen LogP contribution in [0.25, 0.3) is 0 Å². The third-order valence-electron chi connectivity index (χ3n) is 1.81. The molecule has 0 bridgehead atoms. The summed E-state index contributed by atoms with van der Waals surface area (Å²) in [6.45, 7) is 2.56. The number of aromatic nitrogens is 4. The van der Waals surface area contributed by atoms with E-state index in [1.807, 2.05) is 13.0 Å². The second-order valence-electron chi connectivity index (χ2n) is 2.94. The molecule has 0 aliphatic rings. The first-order valence-corrected chi connectivity index (χ1v) is 4.36. The van der Waals surface area contributed by atoms with Gasteiger partial charge in [0.05, 0.1) is 24.1 Å². The molecule has 14 heavy (non-hydrogen) atoms. The summed E-state index contributed by atoms with van der Waals surface area (Å²) in [6.07, 6.45) is 5.29. The highest BCUT2D eigenvalue weighted by Gasteiger charge is 1.96. The lowest BCUT2D eigenvalue weighted by molar-refractivity contribution is 0.955.